The van der Waals surface area contributed by atoms with Gasteiger partial charge in [0.15, 0.2) is 0 Å². The van der Waals surface area contributed by atoms with E-state index in [-0.39, 0.29) is 5.60 Å². The van der Waals surface area contributed by atoms with Crippen LogP contribution in [0.15, 0.2) is 24.3 Å². The number of carboxylic acid groups (broad SMARTS) is 1. The zero-order chi connectivity index (χ0) is 20.2. The highest BCUT2D eigenvalue weighted by Crippen LogP contribution is 2.25. The maximum absolute atomic E-state index is 11.8. The van der Waals surface area contributed by atoms with Gasteiger partial charge in [-0.25, -0.2) is 9.48 Å². The number of ether oxygens (including phenoxy) is 1. The van der Waals surface area contributed by atoms with Crippen molar-refractivity contribution in [2.24, 2.45) is 5.92 Å². The number of aromatic carboxylic acids is 1. The molecule has 1 atom stereocenters. The smallest absolute Gasteiger partial charge is 0.339 e. The number of halogens is 1. The fourth-order valence-corrected chi connectivity index (χ4v) is 3.44. The Labute approximate surface area is 166 Å². The average Bonchev–Trinajstić information content (AvgIpc) is 2.91. The van der Waals surface area contributed by atoms with Crippen LogP contribution in [0.1, 0.15) is 61.8 Å². The zero-order valence-corrected chi connectivity index (χ0v) is 17.5. The summed E-state index contributed by atoms with van der Waals surface area (Å²) in [6.07, 6.45) is 3.62. The molecule has 2 aromatic rings. The normalized spacial score (nSPS) is 13.0. The lowest BCUT2D eigenvalue weighted by Gasteiger charge is -2.23. The van der Waals surface area contributed by atoms with Gasteiger partial charge >= 0.3 is 5.97 Å². The Morgan fingerprint density at radius 1 is 1.41 bits per heavy atom. The molecule has 1 aromatic carbocycles. The highest BCUT2D eigenvalue weighted by atomic mass is 35.5. The highest BCUT2D eigenvalue weighted by molar-refractivity contribution is 6.30. The second-order valence-electron chi connectivity index (χ2n) is 7.77. The van der Waals surface area contributed by atoms with Crippen LogP contribution in [0.5, 0.6) is 0 Å². The third-order valence-electron chi connectivity index (χ3n) is 5.03. The Kier molecular flexibility index (Phi) is 7.06. The predicted octanol–water partition coefficient (Wildman–Crippen LogP) is 5.31. The summed E-state index contributed by atoms with van der Waals surface area (Å²) in [5.41, 5.74) is 2.17. The number of hydrogen-bond acceptors (Lipinski definition) is 3. The van der Waals surface area contributed by atoms with E-state index in [1.165, 1.54) is 0 Å². The quantitative estimate of drug-likeness (QED) is 0.628. The molecule has 0 aliphatic carbocycles. The summed E-state index contributed by atoms with van der Waals surface area (Å²) in [7, 11) is 1.73. The van der Waals surface area contributed by atoms with Gasteiger partial charge in [-0.05, 0) is 57.7 Å². The molecule has 1 heterocycles. The summed E-state index contributed by atoms with van der Waals surface area (Å²) in [5, 5.41) is 14.9. The molecule has 1 N–H and O–H groups in total. The number of methoxy groups -OCH3 is 1. The van der Waals surface area contributed by atoms with Gasteiger partial charge in [-0.2, -0.15) is 5.10 Å². The Morgan fingerprint density at radius 3 is 2.70 bits per heavy atom. The van der Waals surface area contributed by atoms with Gasteiger partial charge in [0, 0.05) is 12.1 Å². The molecule has 1 aromatic heterocycles. The van der Waals surface area contributed by atoms with Crippen LogP contribution >= 0.6 is 11.6 Å². The van der Waals surface area contributed by atoms with E-state index in [0.717, 1.165) is 24.9 Å². The van der Waals surface area contributed by atoms with E-state index in [4.69, 9.17) is 16.3 Å². The molecule has 0 amide bonds. The summed E-state index contributed by atoms with van der Waals surface area (Å²) < 4.78 is 7.13. The molecule has 0 bridgehead atoms. The van der Waals surface area contributed by atoms with E-state index >= 15 is 0 Å². The van der Waals surface area contributed by atoms with E-state index in [1.54, 1.807) is 30.8 Å². The van der Waals surface area contributed by atoms with Crippen LogP contribution in [0.25, 0.3) is 5.69 Å². The zero-order valence-electron chi connectivity index (χ0n) is 16.8. The molecule has 6 heteroatoms. The van der Waals surface area contributed by atoms with Crippen LogP contribution in [-0.4, -0.2) is 33.6 Å². The standard InChI is InChI=1S/C21H29ClN2O3/c1-14(8-7-11-21(3,4)27-5)12-18-19(20(25)26)15(2)24(23-18)17-10-6-9-16(22)13-17/h6,9-10,13-14H,7-8,11-12H2,1-5H3,(H,25,26). The van der Waals surface area contributed by atoms with E-state index in [0.29, 0.717) is 34.3 Å². The summed E-state index contributed by atoms with van der Waals surface area (Å²) in [6.45, 7) is 8.08. The fourth-order valence-electron chi connectivity index (χ4n) is 3.25. The van der Waals surface area contributed by atoms with Gasteiger partial charge in [-0.1, -0.05) is 37.4 Å². The van der Waals surface area contributed by atoms with Crippen LogP contribution in [0.2, 0.25) is 5.02 Å². The summed E-state index contributed by atoms with van der Waals surface area (Å²) in [6, 6.07) is 7.27. The minimum atomic E-state index is -0.941. The molecule has 5 nitrogen and oxygen atoms in total. The van der Waals surface area contributed by atoms with E-state index in [1.807, 2.05) is 12.1 Å². The van der Waals surface area contributed by atoms with Crippen molar-refractivity contribution in [2.75, 3.05) is 7.11 Å². The van der Waals surface area contributed by atoms with E-state index < -0.39 is 5.97 Å². The number of hydrogen-bond donors (Lipinski definition) is 1. The number of benzene rings is 1. The second-order valence-corrected chi connectivity index (χ2v) is 8.21. The van der Waals surface area contributed by atoms with Crippen LogP contribution in [0, 0.1) is 12.8 Å². The number of nitrogens with zero attached hydrogens (tertiary/aromatic N) is 2. The lowest BCUT2D eigenvalue weighted by molar-refractivity contribution is 0.0127. The SMILES string of the molecule is COC(C)(C)CCCC(C)Cc1nn(-c2cccc(Cl)c2)c(C)c1C(=O)O. The van der Waals surface area contributed by atoms with Crippen molar-refractivity contribution >= 4 is 17.6 Å². The van der Waals surface area contributed by atoms with Crippen molar-refractivity contribution in [1.82, 2.24) is 9.78 Å². The second kappa shape index (κ2) is 8.89. The molecular weight excluding hydrogens is 364 g/mol. The van der Waals surface area contributed by atoms with Crippen LogP contribution in [-0.2, 0) is 11.2 Å². The van der Waals surface area contributed by atoms with Gasteiger partial charge in [-0.15, -0.1) is 0 Å². The number of carbonyl (C=O) groups is 1. The minimum absolute atomic E-state index is 0.128. The van der Waals surface area contributed by atoms with E-state index in [2.05, 4.69) is 25.9 Å². The van der Waals surface area contributed by atoms with Gasteiger partial charge < -0.3 is 9.84 Å². The fraction of sp³-hybridized carbons (Fsp3) is 0.524. The highest BCUT2D eigenvalue weighted by Gasteiger charge is 2.23. The lowest BCUT2D eigenvalue weighted by atomic mass is 9.93. The lowest BCUT2D eigenvalue weighted by Crippen LogP contribution is -2.22. The first kappa shape index (κ1) is 21.5. The van der Waals surface area contributed by atoms with Crippen molar-refractivity contribution in [3.05, 3.63) is 46.2 Å². The Bertz CT molecular complexity index is 799. The average molecular weight is 393 g/mol. The summed E-state index contributed by atoms with van der Waals surface area (Å²) in [5.74, 6) is -0.610. The number of carboxylic acids is 1. The van der Waals surface area contributed by atoms with Gasteiger partial charge in [0.05, 0.1) is 22.7 Å². The van der Waals surface area contributed by atoms with Gasteiger partial charge in [0.1, 0.15) is 5.56 Å². The molecule has 0 radical (unpaired) electrons. The number of aromatic nitrogens is 2. The first-order valence-electron chi connectivity index (χ1n) is 9.27. The van der Waals surface area contributed by atoms with Crippen LogP contribution in [0.4, 0.5) is 0 Å². The number of rotatable bonds is 9. The Hall–Kier alpha value is -1.85. The summed E-state index contributed by atoms with van der Waals surface area (Å²) in [4.78, 5) is 11.8. The molecule has 27 heavy (non-hydrogen) atoms. The first-order valence-corrected chi connectivity index (χ1v) is 9.65. The van der Waals surface area contributed by atoms with E-state index in [9.17, 15) is 9.90 Å². The molecular formula is C21H29ClN2O3. The van der Waals surface area contributed by atoms with Crippen molar-refractivity contribution in [2.45, 2.75) is 59.0 Å². The maximum Gasteiger partial charge on any atom is 0.339 e. The molecule has 1 unspecified atom stereocenters. The predicted molar refractivity (Wildman–Crippen MR) is 108 cm³/mol. The summed E-state index contributed by atoms with van der Waals surface area (Å²) >= 11 is 6.08. The molecule has 0 saturated carbocycles. The van der Waals surface area contributed by atoms with Gasteiger partial charge in [0.25, 0.3) is 0 Å². The molecule has 0 spiro atoms. The third kappa shape index (κ3) is 5.56. The van der Waals surface area contributed by atoms with Crippen molar-refractivity contribution in [1.29, 1.82) is 0 Å². The molecule has 2 rings (SSSR count). The molecule has 148 valence electrons. The first-order chi connectivity index (χ1) is 12.6. The Morgan fingerprint density at radius 2 is 2.11 bits per heavy atom. The monoisotopic (exact) mass is 392 g/mol. The van der Waals surface area contributed by atoms with Crippen LogP contribution < -0.4 is 0 Å². The van der Waals surface area contributed by atoms with Crippen molar-refractivity contribution < 1.29 is 14.6 Å². The van der Waals surface area contributed by atoms with Gasteiger partial charge in [-0.3, -0.25) is 0 Å². The van der Waals surface area contributed by atoms with Crippen molar-refractivity contribution in [3.63, 3.8) is 0 Å². The largest absolute Gasteiger partial charge is 0.478 e. The Balaban J connectivity index is 2.19. The molecule has 0 saturated heterocycles. The van der Waals surface area contributed by atoms with Crippen LogP contribution in [0.3, 0.4) is 0 Å². The topological polar surface area (TPSA) is 64.4 Å². The van der Waals surface area contributed by atoms with Crippen molar-refractivity contribution in [3.8, 4) is 5.69 Å². The molecule has 0 aliphatic rings. The molecule has 0 aliphatic heterocycles. The minimum Gasteiger partial charge on any atom is -0.478 e. The van der Waals surface area contributed by atoms with Gasteiger partial charge in [0.2, 0.25) is 0 Å². The third-order valence-corrected chi connectivity index (χ3v) is 5.26. The maximum atomic E-state index is 11.8. The molecule has 0 fully saturated rings.